The third-order valence-electron chi connectivity index (χ3n) is 4.91. The Labute approximate surface area is 183 Å². The van der Waals surface area contributed by atoms with Crippen molar-refractivity contribution in [3.63, 3.8) is 0 Å². The molecule has 0 unspecified atom stereocenters. The van der Waals surface area contributed by atoms with Crippen LogP contribution in [0.3, 0.4) is 0 Å². The second-order valence-corrected chi connectivity index (χ2v) is 8.78. The summed E-state index contributed by atoms with van der Waals surface area (Å²) in [6, 6.07) is 23.2. The fourth-order valence-corrected chi connectivity index (χ4v) is 3.84. The maximum Gasteiger partial charge on any atom is 0.435 e. The number of alkyl halides is 3. The number of sulfonamides is 1. The predicted octanol–water partition coefficient (Wildman–Crippen LogP) is 4.80. The van der Waals surface area contributed by atoms with E-state index in [0.717, 1.165) is 21.9 Å². The molecule has 9 heteroatoms. The molecule has 1 heterocycles. The number of primary sulfonamides is 1. The molecule has 0 bridgehead atoms. The molecule has 5 nitrogen and oxygen atoms in total. The second-order valence-electron chi connectivity index (χ2n) is 7.22. The van der Waals surface area contributed by atoms with Gasteiger partial charge < -0.3 is 0 Å². The van der Waals surface area contributed by atoms with E-state index in [1.54, 1.807) is 12.1 Å². The lowest BCUT2D eigenvalue weighted by Crippen LogP contribution is -2.12. The summed E-state index contributed by atoms with van der Waals surface area (Å²) in [7, 11) is -3.92. The van der Waals surface area contributed by atoms with Gasteiger partial charge in [-0.2, -0.15) is 18.3 Å². The predicted molar refractivity (Wildman–Crippen MR) is 115 cm³/mol. The maximum atomic E-state index is 13.4. The van der Waals surface area contributed by atoms with Gasteiger partial charge >= 0.3 is 6.18 Å². The van der Waals surface area contributed by atoms with Crippen molar-refractivity contribution in [2.24, 2.45) is 5.14 Å². The maximum absolute atomic E-state index is 13.4. The highest BCUT2D eigenvalue weighted by atomic mass is 32.2. The molecule has 0 radical (unpaired) electrons. The van der Waals surface area contributed by atoms with Gasteiger partial charge in [-0.15, -0.1) is 0 Å². The minimum Gasteiger partial charge on any atom is -0.233 e. The Kier molecular flexibility index (Phi) is 5.62. The molecule has 3 aromatic carbocycles. The molecule has 0 amide bonds. The zero-order valence-corrected chi connectivity index (χ0v) is 17.4. The van der Waals surface area contributed by atoms with E-state index in [4.69, 9.17) is 5.14 Å². The number of nitrogens with two attached hydrogens (primary N) is 1. The van der Waals surface area contributed by atoms with Gasteiger partial charge in [0.25, 0.3) is 0 Å². The molecule has 32 heavy (non-hydrogen) atoms. The fourth-order valence-electron chi connectivity index (χ4n) is 3.32. The van der Waals surface area contributed by atoms with Gasteiger partial charge in [-0.3, -0.25) is 0 Å². The Morgan fingerprint density at radius 1 is 0.844 bits per heavy atom. The normalized spacial score (nSPS) is 12.1. The number of halogens is 3. The Bertz CT molecular complexity index is 1330. The molecule has 0 saturated carbocycles. The van der Waals surface area contributed by atoms with E-state index < -0.39 is 21.9 Å². The summed E-state index contributed by atoms with van der Waals surface area (Å²) in [6.07, 6.45) is -3.93. The van der Waals surface area contributed by atoms with Gasteiger partial charge in [-0.1, -0.05) is 54.6 Å². The molecular formula is C23H18F3N3O2S. The molecule has 0 aliphatic carbocycles. The molecule has 0 saturated heterocycles. The first-order chi connectivity index (χ1) is 15.1. The average Bonchev–Trinajstić information content (AvgIpc) is 3.21. The zero-order valence-electron chi connectivity index (χ0n) is 16.6. The molecule has 0 atom stereocenters. The highest BCUT2D eigenvalue weighted by molar-refractivity contribution is 7.89. The van der Waals surface area contributed by atoms with Crippen LogP contribution in [0.15, 0.2) is 89.8 Å². The summed E-state index contributed by atoms with van der Waals surface area (Å²) in [6.45, 7) is 0. The summed E-state index contributed by atoms with van der Waals surface area (Å²) in [5.41, 5.74) is 2.14. The second kappa shape index (κ2) is 8.25. The molecule has 0 aliphatic heterocycles. The van der Waals surface area contributed by atoms with Crippen LogP contribution in [0.1, 0.15) is 16.8 Å². The molecule has 0 aliphatic rings. The first kappa shape index (κ1) is 21.8. The quantitative estimate of drug-likeness (QED) is 0.468. The number of aromatic nitrogens is 2. The zero-order chi connectivity index (χ0) is 22.9. The first-order valence-corrected chi connectivity index (χ1v) is 11.1. The van der Waals surface area contributed by atoms with Crippen LogP contribution in [-0.2, 0) is 22.6 Å². The van der Waals surface area contributed by atoms with Crippen molar-refractivity contribution in [3.8, 4) is 16.9 Å². The summed E-state index contributed by atoms with van der Waals surface area (Å²) in [5.74, 6) is 0. The first-order valence-electron chi connectivity index (χ1n) is 9.55. The fraction of sp³-hybridized carbons (Fsp3) is 0.0870. The summed E-state index contributed by atoms with van der Waals surface area (Å²) >= 11 is 0. The van der Waals surface area contributed by atoms with Crippen molar-refractivity contribution in [2.45, 2.75) is 17.5 Å². The van der Waals surface area contributed by atoms with Gasteiger partial charge in [0.15, 0.2) is 5.69 Å². The van der Waals surface area contributed by atoms with Gasteiger partial charge in [0.05, 0.1) is 16.3 Å². The Morgan fingerprint density at radius 3 is 2.00 bits per heavy atom. The number of rotatable bonds is 5. The summed E-state index contributed by atoms with van der Waals surface area (Å²) in [5, 5.41) is 8.82. The van der Waals surface area contributed by atoms with Crippen LogP contribution in [0.5, 0.6) is 0 Å². The van der Waals surface area contributed by atoms with E-state index in [9.17, 15) is 21.6 Å². The number of hydrogen-bond acceptors (Lipinski definition) is 3. The molecular weight excluding hydrogens is 439 g/mol. The van der Waals surface area contributed by atoms with Crippen LogP contribution >= 0.6 is 0 Å². The monoisotopic (exact) mass is 457 g/mol. The van der Waals surface area contributed by atoms with Crippen molar-refractivity contribution in [3.05, 3.63) is 102 Å². The highest BCUT2D eigenvalue weighted by Crippen LogP contribution is 2.33. The van der Waals surface area contributed by atoms with Crippen LogP contribution < -0.4 is 5.14 Å². The van der Waals surface area contributed by atoms with E-state index in [2.05, 4.69) is 5.10 Å². The Balaban J connectivity index is 1.72. The SMILES string of the molecule is NS(=O)(=O)c1ccc(-n2nc(C(F)(F)F)cc2-c2ccc(Cc3ccccc3)cc2)cc1. The number of hydrogen-bond donors (Lipinski definition) is 1. The topological polar surface area (TPSA) is 78.0 Å². The van der Waals surface area contributed by atoms with E-state index in [0.29, 0.717) is 12.0 Å². The molecule has 164 valence electrons. The van der Waals surface area contributed by atoms with E-state index in [1.807, 2.05) is 42.5 Å². The molecule has 1 aromatic heterocycles. The third-order valence-corrected chi connectivity index (χ3v) is 5.84. The van der Waals surface area contributed by atoms with Crippen LogP contribution in [0.4, 0.5) is 13.2 Å². The van der Waals surface area contributed by atoms with Crippen LogP contribution in [0, 0.1) is 0 Å². The molecule has 0 fully saturated rings. The third kappa shape index (κ3) is 4.74. The minimum atomic E-state index is -4.63. The van der Waals surface area contributed by atoms with Crippen molar-refractivity contribution in [1.29, 1.82) is 0 Å². The highest BCUT2D eigenvalue weighted by Gasteiger charge is 2.35. The van der Waals surface area contributed by atoms with Crippen LogP contribution in [-0.4, -0.2) is 18.2 Å². The van der Waals surface area contributed by atoms with Crippen molar-refractivity contribution in [1.82, 2.24) is 9.78 Å². The lowest BCUT2D eigenvalue weighted by Gasteiger charge is -2.09. The molecule has 4 aromatic rings. The molecule has 0 spiro atoms. The minimum absolute atomic E-state index is 0.142. The van der Waals surface area contributed by atoms with E-state index >= 15 is 0 Å². The van der Waals surface area contributed by atoms with Crippen molar-refractivity contribution < 1.29 is 21.6 Å². The van der Waals surface area contributed by atoms with Gasteiger partial charge in [-0.05, 0) is 47.9 Å². The number of nitrogens with zero attached hydrogens (tertiary/aromatic N) is 2. The van der Waals surface area contributed by atoms with Crippen LogP contribution in [0.25, 0.3) is 16.9 Å². The lowest BCUT2D eigenvalue weighted by atomic mass is 10.0. The largest absolute Gasteiger partial charge is 0.435 e. The van der Waals surface area contributed by atoms with E-state index in [-0.39, 0.29) is 16.3 Å². The molecule has 2 N–H and O–H groups in total. The van der Waals surface area contributed by atoms with Crippen LogP contribution in [0.2, 0.25) is 0 Å². The Morgan fingerprint density at radius 2 is 1.44 bits per heavy atom. The van der Waals surface area contributed by atoms with Crippen molar-refractivity contribution >= 4 is 10.0 Å². The van der Waals surface area contributed by atoms with Gasteiger partial charge in [0, 0.05) is 5.56 Å². The lowest BCUT2D eigenvalue weighted by molar-refractivity contribution is -0.141. The summed E-state index contributed by atoms with van der Waals surface area (Å²) < 4.78 is 64.2. The average molecular weight is 457 g/mol. The standard InChI is InChI=1S/C23H18F3N3O2S/c24-23(25,26)22-15-21(29(28-22)19-10-12-20(13-11-19)32(27,30)31)18-8-6-17(7-9-18)14-16-4-2-1-3-5-16/h1-13,15H,14H2,(H2,27,30,31). The smallest absolute Gasteiger partial charge is 0.233 e. The van der Waals surface area contributed by atoms with E-state index in [1.165, 1.54) is 24.3 Å². The molecule has 4 rings (SSSR count). The Hall–Kier alpha value is -3.43. The summed E-state index contributed by atoms with van der Waals surface area (Å²) in [4.78, 5) is -0.142. The number of benzene rings is 3. The van der Waals surface area contributed by atoms with Gasteiger partial charge in [0.1, 0.15) is 0 Å². The van der Waals surface area contributed by atoms with Gasteiger partial charge in [-0.25, -0.2) is 18.2 Å². The van der Waals surface area contributed by atoms with Gasteiger partial charge in [0.2, 0.25) is 10.0 Å². The van der Waals surface area contributed by atoms with Crippen molar-refractivity contribution in [2.75, 3.05) is 0 Å².